The van der Waals surface area contributed by atoms with E-state index in [1.807, 2.05) is 42.8 Å². The van der Waals surface area contributed by atoms with Gasteiger partial charge in [0, 0.05) is 12.8 Å². The molecule has 0 radical (unpaired) electrons. The van der Waals surface area contributed by atoms with Crippen molar-refractivity contribution in [3.8, 4) is 5.75 Å². The molecule has 1 aromatic heterocycles. The number of hydrogen-bond donors (Lipinski definition) is 1. The fraction of sp³-hybridized carbons (Fsp3) is 0.333. The minimum atomic E-state index is -0.627. The van der Waals surface area contributed by atoms with Crippen LogP contribution >= 0.6 is 11.8 Å². The molecule has 6 heteroatoms. The number of aryl methyl sites for hydroxylation is 1. The molecular formula is C15H19N3O2S. The largest absolute Gasteiger partial charge is 0.497 e. The Bertz CT molecular complexity index is 623. The van der Waals surface area contributed by atoms with Crippen molar-refractivity contribution in [3.05, 3.63) is 41.2 Å². The van der Waals surface area contributed by atoms with Crippen molar-refractivity contribution in [1.29, 1.82) is 0 Å². The fourth-order valence-corrected chi connectivity index (χ4v) is 3.13. The summed E-state index contributed by atoms with van der Waals surface area (Å²) in [5.41, 5.74) is 8.55. The predicted molar refractivity (Wildman–Crippen MR) is 83.5 cm³/mol. The maximum absolute atomic E-state index is 10.9. The zero-order valence-corrected chi connectivity index (χ0v) is 13.2. The first kappa shape index (κ1) is 15.6. The molecule has 112 valence electrons. The van der Waals surface area contributed by atoms with Gasteiger partial charge in [-0.15, -0.1) is 0 Å². The van der Waals surface area contributed by atoms with Gasteiger partial charge in [0.25, 0.3) is 0 Å². The van der Waals surface area contributed by atoms with Crippen LogP contribution in [0.4, 0.5) is 0 Å². The highest BCUT2D eigenvalue weighted by molar-refractivity contribution is 7.98. The molecule has 21 heavy (non-hydrogen) atoms. The SMILES string of the molecule is COc1ccc(CSc2nc(C)c(C(N)C=O)n2C)cc1. The van der Waals surface area contributed by atoms with E-state index in [0.717, 1.165) is 34.3 Å². The highest BCUT2D eigenvalue weighted by Gasteiger charge is 2.17. The molecule has 0 saturated carbocycles. The van der Waals surface area contributed by atoms with E-state index in [-0.39, 0.29) is 0 Å². The Hall–Kier alpha value is -1.79. The molecule has 1 unspecified atom stereocenters. The number of aldehydes is 1. The molecule has 0 amide bonds. The summed E-state index contributed by atoms with van der Waals surface area (Å²) in [4.78, 5) is 15.4. The first-order chi connectivity index (χ1) is 10.1. The van der Waals surface area contributed by atoms with E-state index >= 15 is 0 Å². The monoisotopic (exact) mass is 305 g/mol. The van der Waals surface area contributed by atoms with Crippen molar-refractivity contribution in [2.45, 2.75) is 23.9 Å². The fourth-order valence-electron chi connectivity index (χ4n) is 2.15. The molecule has 0 spiro atoms. The molecule has 5 nitrogen and oxygen atoms in total. The van der Waals surface area contributed by atoms with E-state index in [2.05, 4.69) is 4.98 Å². The number of ether oxygens (including phenoxy) is 1. The van der Waals surface area contributed by atoms with Crippen molar-refractivity contribution < 1.29 is 9.53 Å². The Balaban J connectivity index is 2.11. The smallest absolute Gasteiger partial charge is 0.168 e. The molecule has 0 fully saturated rings. The van der Waals surface area contributed by atoms with Gasteiger partial charge in [-0.05, 0) is 24.6 Å². The van der Waals surface area contributed by atoms with E-state index in [9.17, 15) is 4.79 Å². The van der Waals surface area contributed by atoms with Gasteiger partial charge in [-0.2, -0.15) is 0 Å². The summed E-state index contributed by atoms with van der Waals surface area (Å²) in [6.07, 6.45) is 0.738. The van der Waals surface area contributed by atoms with E-state index in [4.69, 9.17) is 10.5 Å². The van der Waals surface area contributed by atoms with Gasteiger partial charge in [-0.25, -0.2) is 4.98 Å². The van der Waals surface area contributed by atoms with Crippen molar-refractivity contribution in [2.24, 2.45) is 12.8 Å². The maximum atomic E-state index is 10.9. The van der Waals surface area contributed by atoms with Gasteiger partial charge in [-0.3, -0.25) is 0 Å². The Labute approximate surface area is 128 Å². The average Bonchev–Trinajstić information content (AvgIpc) is 2.79. The molecule has 2 rings (SSSR count). The summed E-state index contributed by atoms with van der Waals surface area (Å²) >= 11 is 1.62. The van der Waals surface area contributed by atoms with Crippen LogP contribution in [0, 0.1) is 6.92 Å². The molecule has 0 saturated heterocycles. The molecule has 2 N–H and O–H groups in total. The van der Waals surface area contributed by atoms with E-state index in [1.54, 1.807) is 18.9 Å². The first-order valence-electron chi connectivity index (χ1n) is 6.56. The summed E-state index contributed by atoms with van der Waals surface area (Å²) in [5.74, 6) is 1.64. The topological polar surface area (TPSA) is 70.1 Å². The summed E-state index contributed by atoms with van der Waals surface area (Å²) in [7, 11) is 3.53. The number of thioether (sulfide) groups is 1. The van der Waals surface area contributed by atoms with Gasteiger partial charge in [0.15, 0.2) is 5.16 Å². The summed E-state index contributed by atoms with van der Waals surface area (Å²) in [6, 6.07) is 7.30. The second-order valence-electron chi connectivity index (χ2n) is 4.72. The number of nitrogens with zero attached hydrogens (tertiary/aromatic N) is 2. The molecule has 1 atom stereocenters. The Kier molecular flexibility index (Phi) is 5.03. The number of carbonyl (C=O) groups is 1. The Morgan fingerprint density at radius 3 is 2.67 bits per heavy atom. The number of aromatic nitrogens is 2. The number of imidazole rings is 1. The number of carbonyl (C=O) groups excluding carboxylic acids is 1. The second-order valence-corrected chi connectivity index (χ2v) is 5.67. The lowest BCUT2D eigenvalue weighted by molar-refractivity contribution is -0.109. The Morgan fingerprint density at radius 2 is 2.10 bits per heavy atom. The van der Waals surface area contributed by atoms with Crippen LogP contribution in [0.25, 0.3) is 0 Å². The molecule has 1 aromatic carbocycles. The van der Waals surface area contributed by atoms with Gasteiger partial charge in [0.2, 0.25) is 0 Å². The zero-order chi connectivity index (χ0) is 15.4. The lowest BCUT2D eigenvalue weighted by atomic mass is 10.2. The summed E-state index contributed by atoms with van der Waals surface area (Å²) in [5, 5.41) is 0.857. The number of rotatable bonds is 6. The van der Waals surface area contributed by atoms with Crippen LogP contribution in [0.15, 0.2) is 29.4 Å². The van der Waals surface area contributed by atoms with Crippen molar-refractivity contribution in [2.75, 3.05) is 7.11 Å². The van der Waals surface area contributed by atoms with Crippen molar-refractivity contribution in [3.63, 3.8) is 0 Å². The summed E-state index contributed by atoms with van der Waals surface area (Å²) in [6.45, 7) is 1.87. The third-order valence-corrected chi connectivity index (χ3v) is 4.37. The van der Waals surface area contributed by atoms with Gasteiger partial charge in [-0.1, -0.05) is 23.9 Å². The third-order valence-electron chi connectivity index (χ3n) is 3.27. The van der Waals surface area contributed by atoms with Crippen LogP contribution in [0.3, 0.4) is 0 Å². The Morgan fingerprint density at radius 1 is 1.43 bits per heavy atom. The summed E-state index contributed by atoms with van der Waals surface area (Å²) < 4.78 is 7.03. The normalized spacial score (nSPS) is 12.2. The quantitative estimate of drug-likeness (QED) is 0.654. The highest BCUT2D eigenvalue weighted by atomic mass is 32.2. The standard InChI is InChI=1S/C15H19N3O2S/c1-10-14(13(16)8-19)18(2)15(17-10)21-9-11-4-6-12(20-3)7-5-11/h4-8,13H,9,16H2,1-3H3. The van der Waals surface area contributed by atoms with Gasteiger partial charge in [0.1, 0.15) is 18.1 Å². The molecule has 0 aliphatic carbocycles. The van der Waals surface area contributed by atoms with Gasteiger partial charge in [0.05, 0.1) is 18.5 Å². The first-order valence-corrected chi connectivity index (χ1v) is 7.55. The third kappa shape index (κ3) is 3.46. The maximum Gasteiger partial charge on any atom is 0.168 e. The van der Waals surface area contributed by atoms with E-state index < -0.39 is 6.04 Å². The predicted octanol–water partition coefficient (Wildman–Crippen LogP) is 2.23. The van der Waals surface area contributed by atoms with Crippen LogP contribution < -0.4 is 10.5 Å². The van der Waals surface area contributed by atoms with Crippen molar-refractivity contribution in [1.82, 2.24) is 9.55 Å². The van der Waals surface area contributed by atoms with E-state index in [0.29, 0.717) is 0 Å². The number of methoxy groups -OCH3 is 1. The van der Waals surface area contributed by atoms with Crippen LogP contribution in [-0.4, -0.2) is 22.9 Å². The molecule has 0 aliphatic heterocycles. The van der Waals surface area contributed by atoms with Gasteiger partial charge < -0.3 is 19.8 Å². The highest BCUT2D eigenvalue weighted by Crippen LogP contribution is 2.26. The van der Waals surface area contributed by atoms with Crippen LogP contribution in [-0.2, 0) is 17.6 Å². The number of benzene rings is 1. The van der Waals surface area contributed by atoms with Crippen LogP contribution in [0.5, 0.6) is 5.75 Å². The number of hydrogen-bond acceptors (Lipinski definition) is 5. The van der Waals surface area contributed by atoms with E-state index in [1.165, 1.54) is 5.56 Å². The second kappa shape index (κ2) is 6.78. The number of nitrogens with two attached hydrogens (primary N) is 1. The van der Waals surface area contributed by atoms with Crippen LogP contribution in [0.1, 0.15) is 23.0 Å². The lowest BCUT2D eigenvalue weighted by Gasteiger charge is -2.08. The molecule has 0 aliphatic rings. The van der Waals surface area contributed by atoms with Gasteiger partial charge >= 0.3 is 0 Å². The van der Waals surface area contributed by atoms with Crippen LogP contribution in [0.2, 0.25) is 0 Å². The van der Waals surface area contributed by atoms with Crippen molar-refractivity contribution >= 4 is 18.0 Å². The average molecular weight is 305 g/mol. The molecule has 1 heterocycles. The molecular weight excluding hydrogens is 286 g/mol. The zero-order valence-electron chi connectivity index (χ0n) is 12.4. The molecule has 0 bridgehead atoms. The minimum absolute atomic E-state index is 0.627. The lowest BCUT2D eigenvalue weighted by Crippen LogP contribution is -2.16. The molecule has 2 aromatic rings. The minimum Gasteiger partial charge on any atom is -0.497 e.